The molecule has 1 aliphatic carbocycles. The van der Waals surface area contributed by atoms with E-state index in [1.165, 1.54) is 37.7 Å². The molecule has 1 saturated carbocycles. The molecular formula is C19H31NO. The smallest absolute Gasteiger partial charge is 0.0753 e. The van der Waals surface area contributed by atoms with Crippen LogP contribution in [0.25, 0.3) is 0 Å². The summed E-state index contributed by atoms with van der Waals surface area (Å²) in [5.74, 6) is 0. The molecule has 0 amide bonds. The maximum atomic E-state index is 11.5. The zero-order valence-corrected chi connectivity index (χ0v) is 13.5. The van der Waals surface area contributed by atoms with Gasteiger partial charge in [0.15, 0.2) is 0 Å². The number of hydrogen-bond donors (Lipinski definition) is 2. The van der Waals surface area contributed by atoms with Crippen molar-refractivity contribution in [1.82, 2.24) is 0 Å². The lowest BCUT2D eigenvalue weighted by molar-refractivity contribution is -0.0965. The minimum Gasteiger partial charge on any atom is -0.389 e. The second-order valence-electron chi connectivity index (χ2n) is 6.80. The molecule has 0 radical (unpaired) electrons. The molecule has 1 aromatic rings. The fourth-order valence-corrected chi connectivity index (χ4v) is 4.06. The van der Waals surface area contributed by atoms with E-state index in [1.54, 1.807) is 0 Å². The van der Waals surface area contributed by atoms with Crippen LogP contribution in [0.1, 0.15) is 63.9 Å². The van der Waals surface area contributed by atoms with Gasteiger partial charge in [-0.1, -0.05) is 69.4 Å². The summed E-state index contributed by atoms with van der Waals surface area (Å²) in [6, 6.07) is 10.4. The van der Waals surface area contributed by atoms with Crippen molar-refractivity contribution in [3.8, 4) is 0 Å². The molecule has 3 N–H and O–H groups in total. The fraction of sp³-hybridized carbons (Fsp3) is 0.684. The summed E-state index contributed by atoms with van der Waals surface area (Å²) >= 11 is 0. The van der Waals surface area contributed by atoms with Gasteiger partial charge in [0.05, 0.1) is 5.60 Å². The third-order valence-corrected chi connectivity index (χ3v) is 5.61. The highest BCUT2D eigenvalue weighted by Gasteiger charge is 2.47. The van der Waals surface area contributed by atoms with Gasteiger partial charge in [0, 0.05) is 18.4 Å². The Balaban J connectivity index is 2.25. The van der Waals surface area contributed by atoms with E-state index in [9.17, 15) is 5.11 Å². The molecule has 1 atom stereocenters. The van der Waals surface area contributed by atoms with Crippen LogP contribution in [0.2, 0.25) is 0 Å². The van der Waals surface area contributed by atoms with Crippen molar-refractivity contribution in [2.75, 3.05) is 6.54 Å². The fourth-order valence-electron chi connectivity index (χ4n) is 4.06. The molecule has 118 valence electrons. The molecule has 2 nitrogen and oxygen atoms in total. The zero-order valence-electron chi connectivity index (χ0n) is 13.5. The van der Waals surface area contributed by atoms with Crippen LogP contribution in [0.3, 0.4) is 0 Å². The average Bonchev–Trinajstić information content (AvgIpc) is 2.48. The van der Waals surface area contributed by atoms with Gasteiger partial charge in [0.1, 0.15) is 0 Å². The van der Waals surface area contributed by atoms with E-state index >= 15 is 0 Å². The van der Waals surface area contributed by atoms with Crippen molar-refractivity contribution >= 4 is 0 Å². The van der Waals surface area contributed by atoms with Crippen LogP contribution in [-0.2, 0) is 6.42 Å². The Bertz CT molecular complexity index is 409. The number of rotatable bonds is 5. The van der Waals surface area contributed by atoms with Gasteiger partial charge in [-0.15, -0.1) is 0 Å². The van der Waals surface area contributed by atoms with Crippen LogP contribution < -0.4 is 5.73 Å². The van der Waals surface area contributed by atoms with E-state index in [0.29, 0.717) is 6.54 Å². The Kier molecular flexibility index (Phi) is 5.83. The van der Waals surface area contributed by atoms with Crippen LogP contribution in [-0.4, -0.2) is 17.3 Å². The number of aliphatic hydroxyl groups is 1. The van der Waals surface area contributed by atoms with Gasteiger partial charge in [-0.2, -0.15) is 0 Å². The maximum Gasteiger partial charge on any atom is 0.0753 e. The standard InChI is InChI=1S/C19H31NO/c1-2-19(21,15-17-11-7-6-8-12-17)18(16-20)13-9-4-3-5-10-14-18/h6-8,11-12,21H,2-5,9-10,13-16,20H2,1H3. The quantitative estimate of drug-likeness (QED) is 0.858. The largest absolute Gasteiger partial charge is 0.389 e. The first-order valence-corrected chi connectivity index (χ1v) is 8.62. The second-order valence-corrected chi connectivity index (χ2v) is 6.80. The monoisotopic (exact) mass is 289 g/mol. The lowest BCUT2D eigenvalue weighted by Gasteiger charge is -2.48. The van der Waals surface area contributed by atoms with Gasteiger partial charge in [0.2, 0.25) is 0 Å². The molecule has 2 heteroatoms. The van der Waals surface area contributed by atoms with Crippen LogP contribution in [0.15, 0.2) is 30.3 Å². The molecule has 0 spiro atoms. The lowest BCUT2D eigenvalue weighted by atomic mass is 9.62. The van der Waals surface area contributed by atoms with Gasteiger partial charge in [0.25, 0.3) is 0 Å². The van der Waals surface area contributed by atoms with Gasteiger partial charge >= 0.3 is 0 Å². The molecule has 0 aromatic heterocycles. The topological polar surface area (TPSA) is 46.2 Å². The van der Waals surface area contributed by atoms with Gasteiger partial charge < -0.3 is 10.8 Å². The molecule has 0 aliphatic heterocycles. The molecule has 0 bridgehead atoms. The molecular weight excluding hydrogens is 258 g/mol. The van der Waals surface area contributed by atoms with Crippen LogP contribution >= 0.6 is 0 Å². The van der Waals surface area contributed by atoms with Crippen molar-refractivity contribution in [1.29, 1.82) is 0 Å². The van der Waals surface area contributed by atoms with Gasteiger partial charge in [-0.3, -0.25) is 0 Å². The summed E-state index contributed by atoms with van der Waals surface area (Å²) in [7, 11) is 0. The second kappa shape index (κ2) is 7.42. The zero-order chi connectivity index (χ0) is 15.2. The molecule has 1 unspecified atom stereocenters. The van der Waals surface area contributed by atoms with Crippen LogP contribution in [0, 0.1) is 5.41 Å². The maximum absolute atomic E-state index is 11.5. The van der Waals surface area contributed by atoms with Crippen LogP contribution in [0.4, 0.5) is 0 Å². The highest BCUT2D eigenvalue weighted by Crippen LogP contribution is 2.45. The first-order chi connectivity index (χ1) is 10.2. The van der Waals surface area contributed by atoms with Gasteiger partial charge in [-0.05, 0) is 24.8 Å². The minimum atomic E-state index is -0.680. The van der Waals surface area contributed by atoms with Crippen molar-refractivity contribution in [3.63, 3.8) is 0 Å². The third-order valence-electron chi connectivity index (χ3n) is 5.61. The summed E-state index contributed by atoms with van der Waals surface area (Å²) in [4.78, 5) is 0. The molecule has 1 aromatic carbocycles. The first-order valence-electron chi connectivity index (χ1n) is 8.62. The summed E-state index contributed by atoms with van der Waals surface area (Å²) in [6.45, 7) is 2.71. The predicted octanol–water partition coefficient (Wildman–Crippen LogP) is 4.06. The Labute approximate surface area is 129 Å². The summed E-state index contributed by atoms with van der Waals surface area (Å²) in [5, 5.41) is 11.5. The van der Waals surface area contributed by atoms with Gasteiger partial charge in [-0.25, -0.2) is 0 Å². The predicted molar refractivity (Wildman–Crippen MR) is 89.2 cm³/mol. The molecule has 0 heterocycles. The molecule has 0 saturated heterocycles. The Morgan fingerprint density at radius 2 is 1.62 bits per heavy atom. The van der Waals surface area contributed by atoms with E-state index in [0.717, 1.165) is 25.7 Å². The number of nitrogens with two attached hydrogens (primary N) is 1. The Hall–Kier alpha value is -0.860. The molecule has 21 heavy (non-hydrogen) atoms. The third kappa shape index (κ3) is 3.67. The highest BCUT2D eigenvalue weighted by molar-refractivity contribution is 5.19. The van der Waals surface area contributed by atoms with E-state index in [4.69, 9.17) is 5.73 Å². The Morgan fingerprint density at radius 3 is 2.14 bits per heavy atom. The van der Waals surface area contributed by atoms with E-state index < -0.39 is 5.60 Å². The number of hydrogen-bond acceptors (Lipinski definition) is 2. The van der Waals surface area contributed by atoms with Crippen molar-refractivity contribution in [3.05, 3.63) is 35.9 Å². The van der Waals surface area contributed by atoms with Crippen molar-refractivity contribution in [2.24, 2.45) is 11.1 Å². The van der Waals surface area contributed by atoms with E-state index in [1.807, 2.05) is 6.07 Å². The van der Waals surface area contributed by atoms with E-state index in [-0.39, 0.29) is 5.41 Å². The lowest BCUT2D eigenvalue weighted by Crippen LogP contribution is -2.54. The first kappa shape index (κ1) is 16.5. The highest BCUT2D eigenvalue weighted by atomic mass is 16.3. The summed E-state index contributed by atoms with van der Waals surface area (Å²) < 4.78 is 0. The summed E-state index contributed by atoms with van der Waals surface area (Å²) in [6.07, 6.45) is 9.95. The molecule has 1 fully saturated rings. The molecule has 2 rings (SSSR count). The minimum absolute atomic E-state index is 0.113. The number of benzene rings is 1. The van der Waals surface area contributed by atoms with Crippen molar-refractivity contribution < 1.29 is 5.11 Å². The van der Waals surface area contributed by atoms with Crippen molar-refractivity contribution in [2.45, 2.75) is 70.3 Å². The normalized spacial score (nSPS) is 22.0. The van der Waals surface area contributed by atoms with Crippen LogP contribution in [0.5, 0.6) is 0 Å². The average molecular weight is 289 g/mol. The SMILES string of the molecule is CCC(O)(Cc1ccccc1)C1(CN)CCCCCCC1. The molecule has 1 aliphatic rings. The van der Waals surface area contributed by atoms with E-state index in [2.05, 4.69) is 31.2 Å². The summed E-state index contributed by atoms with van der Waals surface area (Å²) in [5.41, 5.74) is 6.64. The Morgan fingerprint density at radius 1 is 1.05 bits per heavy atom.